The van der Waals surface area contributed by atoms with Crippen LogP contribution in [0.4, 0.5) is 0 Å². The van der Waals surface area contributed by atoms with E-state index in [1.807, 2.05) is 30.3 Å². The SMILES string of the molecule is O=c1c2ccccc2oc2nc3c(cc12)CCc1ccccc1-3. The number of pyridine rings is 1. The first-order valence-electron chi connectivity index (χ1n) is 7.75. The second-order valence-corrected chi connectivity index (χ2v) is 5.93. The first-order valence-corrected chi connectivity index (χ1v) is 7.75. The highest BCUT2D eigenvalue weighted by molar-refractivity contribution is 5.90. The molecule has 1 aliphatic carbocycles. The van der Waals surface area contributed by atoms with Gasteiger partial charge in [0.15, 0.2) is 0 Å². The minimum atomic E-state index is -0.00370. The van der Waals surface area contributed by atoms with Crippen molar-refractivity contribution in [1.82, 2.24) is 4.98 Å². The molecule has 5 rings (SSSR count). The smallest absolute Gasteiger partial charge is 0.231 e. The van der Waals surface area contributed by atoms with E-state index in [1.54, 1.807) is 6.07 Å². The van der Waals surface area contributed by atoms with Crippen molar-refractivity contribution in [2.75, 3.05) is 0 Å². The topological polar surface area (TPSA) is 43.1 Å². The molecule has 2 aromatic carbocycles. The lowest BCUT2D eigenvalue weighted by atomic mass is 9.88. The monoisotopic (exact) mass is 299 g/mol. The summed E-state index contributed by atoms with van der Waals surface area (Å²) < 4.78 is 5.90. The Bertz CT molecular complexity index is 1140. The molecule has 0 aliphatic heterocycles. The Balaban J connectivity index is 1.91. The Morgan fingerprint density at radius 3 is 2.61 bits per heavy atom. The second kappa shape index (κ2) is 4.53. The molecule has 0 amide bonds. The lowest BCUT2D eigenvalue weighted by Gasteiger charge is -2.18. The summed E-state index contributed by atoms with van der Waals surface area (Å²) in [5.74, 6) is 0. The van der Waals surface area contributed by atoms with E-state index in [0.29, 0.717) is 22.1 Å². The number of para-hydroxylation sites is 1. The molecule has 1 aliphatic rings. The summed E-state index contributed by atoms with van der Waals surface area (Å²) in [5.41, 5.74) is 5.51. The van der Waals surface area contributed by atoms with E-state index in [1.165, 1.54) is 5.56 Å². The maximum Gasteiger partial charge on any atom is 0.231 e. The van der Waals surface area contributed by atoms with E-state index in [0.717, 1.165) is 29.7 Å². The van der Waals surface area contributed by atoms with Gasteiger partial charge in [0.1, 0.15) is 5.58 Å². The van der Waals surface area contributed by atoms with Crippen LogP contribution >= 0.6 is 0 Å². The van der Waals surface area contributed by atoms with Crippen LogP contribution in [0, 0.1) is 0 Å². The summed E-state index contributed by atoms with van der Waals surface area (Å²) in [6.45, 7) is 0. The fourth-order valence-corrected chi connectivity index (χ4v) is 3.43. The fraction of sp³-hybridized carbons (Fsp3) is 0.100. The van der Waals surface area contributed by atoms with Crippen molar-refractivity contribution >= 4 is 22.1 Å². The number of hydrogen-bond acceptors (Lipinski definition) is 3. The zero-order valence-corrected chi connectivity index (χ0v) is 12.4. The van der Waals surface area contributed by atoms with Gasteiger partial charge in [-0.1, -0.05) is 36.4 Å². The average molecular weight is 299 g/mol. The number of hydrogen-bond donors (Lipinski definition) is 0. The number of benzene rings is 2. The maximum atomic E-state index is 12.7. The highest BCUT2D eigenvalue weighted by atomic mass is 16.3. The lowest BCUT2D eigenvalue weighted by molar-refractivity contribution is 0.644. The van der Waals surface area contributed by atoms with Crippen LogP contribution in [0.25, 0.3) is 33.3 Å². The minimum absolute atomic E-state index is 0.00370. The lowest BCUT2D eigenvalue weighted by Crippen LogP contribution is -2.09. The molecule has 2 heterocycles. The van der Waals surface area contributed by atoms with Crippen LogP contribution in [-0.2, 0) is 12.8 Å². The van der Waals surface area contributed by atoms with Crippen molar-refractivity contribution in [2.24, 2.45) is 0 Å². The summed E-state index contributed by atoms with van der Waals surface area (Å²) in [6.07, 6.45) is 1.89. The number of fused-ring (bicyclic) bond motifs is 5. The van der Waals surface area contributed by atoms with Crippen molar-refractivity contribution < 1.29 is 4.42 Å². The Morgan fingerprint density at radius 2 is 1.65 bits per heavy atom. The molecule has 0 fully saturated rings. The van der Waals surface area contributed by atoms with Crippen LogP contribution in [-0.4, -0.2) is 4.98 Å². The highest BCUT2D eigenvalue weighted by Crippen LogP contribution is 2.33. The van der Waals surface area contributed by atoms with Gasteiger partial charge in [0.2, 0.25) is 11.1 Å². The molecule has 0 saturated heterocycles. The van der Waals surface area contributed by atoms with Gasteiger partial charge in [0.25, 0.3) is 0 Å². The van der Waals surface area contributed by atoms with Crippen molar-refractivity contribution in [1.29, 1.82) is 0 Å². The van der Waals surface area contributed by atoms with Gasteiger partial charge in [-0.3, -0.25) is 4.79 Å². The number of rotatable bonds is 0. The van der Waals surface area contributed by atoms with Crippen LogP contribution in [0.15, 0.2) is 63.8 Å². The van der Waals surface area contributed by atoms with Crippen molar-refractivity contribution in [3.05, 3.63) is 75.9 Å². The largest absolute Gasteiger partial charge is 0.437 e. The molecule has 3 heteroatoms. The van der Waals surface area contributed by atoms with Crippen LogP contribution in [0.3, 0.4) is 0 Å². The van der Waals surface area contributed by atoms with Gasteiger partial charge in [-0.25, -0.2) is 4.98 Å². The quantitative estimate of drug-likeness (QED) is 0.459. The van der Waals surface area contributed by atoms with Crippen LogP contribution in [0.5, 0.6) is 0 Å². The van der Waals surface area contributed by atoms with E-state index in [9.17, 15) is 4.79 Å². The zero-order chi connectivity index (χ0) is 15.4. The molecule has 0 saturated carbocycles. The van der Waals surface area contributed by atoms with E-state index >= 15 is 0 Å². The van der Waals surface area contributed by atoms with Gasteiger partial charge in [0.05, 0.1) is 16.5 Å². The van der Waals surface area contributed by atoms with Crippen LogP contribution in [0.1, 0.15) is 11.1 Å². The summed E-state index contributed by atoms with van der Waals surface area (Å²) in [4.78, 5) is 17.4. The van der Waals surface area contributed by atoms with Crippen molar-refractivity contribution in [2.45, 2.75) is 12.8 Å². The average Bonchev–Trinajstić information content (AvgIpc) is 2.61. The Kier molecular flexibility index (Phi) is 2.48. The number of aromatic nitrogens is 1. The Labute approximate surface area is 132 Å². The molecule has 0 bridgehead atoms. The van der Waals surface area contributed by atoms with E-state index < -0.39 is 0 Å². The standard InChI is InChI=1S/C20H13NO2/c22-19-15-7-3-4-8-17(15)23-20-16(19)11-13-10-9-12-5-1-2-6-14(12)18(13)21-20/h1-8,11H,9-10H2. The van der Waals surface area contributed by atoms with Gasteiger partial charge in [-0.15, -0.1) is 0 Å². The maximum absolute atomic E-state index is 12.7. The molecule has 0 radical (unpaired) electrons. The van der Waals surface area contributed by atoms with Gasteiger partial charge >= 0.3 is 0 Å². The predicted octanol–water partition coefficient (Wildman–Crippen LogP) is 4.11. The van der Waals surface area contributed by atoms with Crippen LogP contribution in [0.2, 0.25) is 0 Å². The number of nitrogens with zero attached hydrogens (tertiary/aromatic N) is 1. The first-order chi connectivity index (χ1) is 11.3. The molecule has 2 aromatic heterocycles. The molecule has 4 aromatic rings. The molecule has 0 unspecified atom stereocenters. The van der Waals surface area contributed by atoms with Crippen LogP contribution < -0.4 is 5.43 Å². The highest BCUT2D eigenvalue weighted by Gasteiger charge is 2.20. The molecule has 3 nitrogen and oxygen atoms in total. The molecule has 23 heavy (non-hydrogen) atoms. The first kappa shape index (κ1) is 12.6. The zero-order valence-electron chi connectivity index (χ0n) is 12.4. The molecule has 0 N–H and O–H groups in total. The van der Waals surface area contributed by atoms with Gasteiger partial charge in [-0.2, -0.15) is 0 Å². The van der Waals surface area contributed by atoms with E-state index in [2.05, 4.69) is 18.2 Å². The van der Waals surface area contributed by atoms with E-state index in [4.69, 9.17) is 9.40 Å². The summed E-state index contributed by atoms with van der Waals surface area (Å²) in [7, 11) is 0. The minimum Gasteiger partial charge on any atom is -0.437 e. The van der Waals surface area contributed by atoms with Crippen molar-refractivity contribution in [3.63, 3.8) is 0 Å². The Morgan fingerprint density at radius 1 is 0.870 bits per heavy atom. The van der Waals surface area contributed by atoms with Crippen molar-refractivity contribution in [3.8, 4) is 11.3 Å². The number of aryl methyl sites for hydroxylation is 2. The summed E-state index contributed by atoms with van der Waals surface area (Å²) in [5, 5.41) is 1.18. The Hall–Kier alpha value is -2.94. The third-order valence-electron chi connectivity index (χ3n) is 4.59. The summed E-state index contributed by atoms with van der Waals surface area (Å²) in [6, 6.07) is 17.6. The van der Waals surface area contributed by atoms with Gasteiger partial charge < -0.3 is 4.42 Å². The fourth-order valence-electron chi connectivity index (χ4n) is 3.43. The molecule has 0 spiro atoms. The summed E-state index contributed by atoms with van der Waals surface area (Å²) >= 11 is 0. The predicted molar refractivity (Wildman–Crippen MR) is 90.6 cm³/mol. The third-order valence-corrected chi connectivity index (χ3v) is 4.59. The van der Waals surface area contributed by atoms with Gasteiger partial charge in [-0.05, 0) is 42.2 Å². The third kappa shape index (κ3) is 1.77. The normalized spacial score (nSPS) is 13.0. The van der Waals surface area contributed by atoms with Gasteiger partial charge in [0, 0.05) is 5.56 Å². The molecule has 110 valence electrons. The second-order valence-electron chi connectivity index (χ2n) is 5.93. The van der Waals surface area contributed by atoms with E-state index in [-0.39, 0.29) is 5.43 Å². The molecular weight excluding hydrogens is 286 g/mol. The molecule has 0 atom stereocenters. The molecular formula is C20H13NO2.